The van der Waals surface area contributed by atoms with Crippen molar-refractivity contribution in [2.75, 3.05) is 20.1 Å². The van der Waals surface area contributed by atoms with Crippen LogP contribution in [0.3, 0.4) is 0 Å². The summed E-state index contributed by atoms with van der Waals surface area (Å²) >= 11 is 6.00. The molecule has 1 fully saturated rings. The Morgan fingerprint density at radius 2 is 2.04 bits per heavy atom. The second-order valence-electron chi connectivity index (χ2n) is 6.71. The molecule has 1 saturated heterocycles. The zero-order chi connectivity index (χ0) is 18.4. The third-order valence-corrected chi connectivity index (χ3v) is 4.97. The first-order chi connectivity index (χ1) is 12.6. The van der Waals surface area contributed by atoms with Gasteiger partial charge in [0.15, 0.2) is 0 Å². The molecule has 0 saturated carbocycles. The summed E-state index contributed by atoms with van der Waals surface area (Å²) < 4.78 is 5.86. The molecule has 0 radical (unpaired) electrons. The Morgan fingerprint density at radius 3 is 2.85 bits per heavy atom. The number of carbonyl (C=O) groups is 1. The van der Waals surface area contributed by atoms with E-state index in [9.17, 15) is 4.79 Å². The molecule has 138 valence electrons. The SMILES string of the molecule is CNC1CCCN(C(=O)Cc2cccc(OCc3cccc(Cl)c3)c2)C1. The number of nitrogens with zero attached hydrogens (tertiary/aromatic N) is 1. The van der Waals surface area contributed by atoms with Gasteiger partial charge in [-0.15, -0.1) is 0 Å². The molecule has 1 aliphatic heterocycles. The van der Waals surface area contributed by atoms with E-state index < -0.39 is 0 Å². The highest BCUT2D eigenvalue weighted by atomic mass is 35.5. The van der Waals surface area contributed by atoms with Crippen LogP contribution in [0.1, 0.15) is 24.0 Å². The molecular formula is C21H25ClN2O2. The van der Waals surface area contributed by atoms with Crippen molar-refractivity contribution >= 4 is 17.5 Å². The number of ether oxygens (including phenoxy) is 1. The molecule has 0 bridgehead atoms. The normalized spacial score (nSPS) is 17.2. The maximum absolute atomic E-state index is 12.6. The van der Waals surface area contributed by atoms with Crippen LogP contribution in [0.2, 0.25) is 5.02 Å². The van der Waals surface area contributed by atoms with E-state index in [1.54, 1.807) is 0 Å². The Kier molecular flexibility index (Phi) is 6.53. The third-order valence-electron chi connectivity index (χ3n) is 4.73. The molecule has 3 rings (SSSR count). The van der Waals surface area contributed by atoms with Crippen LogP contribution in [0.25, 0.3) is 0 Å². The molecule has 1 aliphatic rings. The average molecular weight is 373 g/mol. The van der Waals surface area contributed by atoms with Crippen molar-refractivity contribution in [3.8, 4) is 5.75 Å². The van der Waals surface area contributed by atoms with Crippen molar-refractivity contribution < 1.29 is 9.53 Å². The van der Waals surface area contributed by atoms with E-state index in [-0.39, 0.29) is 5.91 Å². The summed E-state index contributed by atoms with van der Waals surface area (Å²) in [7, 11) is 1.96. The van der Waals surface area contributed by atoms with Gasteiger partial charge in [-0.05, 0) is 55.3 Å². The minimum absolute atomic E-state index is 0.178. The number of hydrogen-bond donors (Lipinski definition) is 1. The van der Waals surface area contributed by atoms with Crippen LogP contribution in [0.4, 0.5) is 0 Å². The molecule has 0 aromatic heterocycles. The monoisotopic (exact) mass is 372 g/mol. The maximum Gasteiger partial charge on any atom is 0.227 e. The molecule has 2 aromatic carbocycles. The lowest BCUT2D eigenvalue weighted by molar-refractivity contribution is -0.131. The Labute approximate surface area is 160 Å². The maximum atomic E-state index is 12.6. The first kappa shape index (κ1) is 18.7. The first-order valence-corrected chi connectivity index (χ1v) is 9.43. The molecule has 1 atom stereocenters. The molecule has 1 N–H and O–H groups in total. The Morgan fingerprint density at radius 1 is 1.23 bits per heavy atom. The number of nitrogens with one attached hydrogen (secondary N) is 1. The van der Waals surface area contributed by atoms with E-state index in [4.69, 9.17) is 16.3 Å². The fourth-order valence-electron chi connectivity index (χ4n) is 3.26. The topological polar surface area (TPSA) is 41.6 Å². The lowest BCUT2D eigenvalue weighted by atomic mass is 10.0. The number of likely N-dealkylation sites (N-methyl/N-ethyl adjacent to an activating group) is 1. The van der Waals surface area contributed by atoms with E-state index in [2.05, 4.69) is 5.32 Å². The minimum atomic E-state index is 0.178. The van der Waals surface area contributed by atoms with Gasteiger partial charge in [0.1, 0.15) is 12.4 Å². The van der Waals surface area contributed by atoms with Gasteiger partial charge in [0.2, 0.25) is 5.91 Å². The van der Waals surface area contributed by atoms with Crippen LogP contribution in [-0.4, -0.2) is 37.0 Å². The molecule has 4 nitrogen and oxygen atoms in total. The number of piperidine rings is 1. The van der Waals surface area contributed by atoms with Crippen LogP contribution < -0.4 is 10.1 Å². The Hall–Kier alpha value is -2.04. The van der Waals surface area contributed by atoms with Crippen molar-refractivity contribution in [3.63, 3.8) is 0 Å². The summed E-state index contributed by atoms with van der Waals surface area (Å²) in [5.74, 6) is 0.943. The highest BCUT2D eigenvalue weighted by Crippen LogP contribution is 2.18. The van der Waals surface area contributed by atoms with Gasteiger partial charge in [0.25, 0.3) is 0 Å². The second kappa shape index (κ2) is 9.06. The first-order valence-electron chi connectivity index (χ1n) is 9.05. The molecule has 1 heterocycles. The molecular weight excluding hydrogens is 348 g/mol. The lowest BCUT2D eigenvalue weighted by Gasteiger charge is -2.32. The van der Waals surface area contributed by atoms with Gasteiger partial charge in [0, 0.05) is 24.2 Å². The van der Waals surface area contributed by atoms with Crippen molar-refractivity contribution in [2.45, 2.75) is 31.9 Å². The zero-order valence-electron chi connectivity index (χ0n) is 15.1. The second-order valence-corrected chi connectivity index (χ2v) is 7.15. The van der Waals surface area contributed by atoms with Gasteiger partial charge in [-0.25, -0.2) is 0 Å². The summed E-state index contributed by atoms with van der Waals surface area (Å²) in [4.78, 5) is 14.6. The van der Waals surface area contributed by atoms with E-state index in [0.29, 0.717) is 24.1 Å². The number of rotatable bonds is 6. The fraction of sp³-hybridized carbons (Fsp3) is 0.381. The summed E-state index contributed by atoms with van der Waals surface area (Å²) in [6, 6.07) is 15.8. The van der Waals surface area contributed by atoms with Crippen LogP contribution in [-0.2, 0) is 17.8 Å². The summed E-state index contributed by atoms with van der Waals surface area (Å²) in [6.45, 7) is 2.09. The molecule has 26 heavy (non-hydrogen) atoms. The standard InChI is InChI=1S/C21H25ClN2O2/c1-23-19-8-4-10-24(14-19)21(25)13-16-5-3-9-20(12-16)26-15-17-6-2-7-18(22)11-17/h2-3,5-7,9,11-12,19,23H,4,8,10,13-15H2,1H3. The van der Waals surface area contributed by atoms with Crippen molar-refractivity contribution in [3.05, 3.63) is 64.7 Å². The smallest absolute Gasteiger partial charge is 0.227 e. The molecule has 1 unspecified atom stereocenters. The van der Waals surface area contributed by atoms with E-state index >= 15 is 0 Å². The predicted molar refractivity (Wildman–Crippen MR) is 105 cm³/mol. The van der Waals surface area contributed by atoms with Gasteiger partial charge in [-0.3, -0.25) is 4.79 Å². The molecule has 5 heteroatoms. The lowest BCUT2D eigenvalue weighted by Crippen LogP contribution is -2.47. The predicted octanol–water partition coefficient (Wildman–Crippen LogP) is 3.67. The number of halogens is 1. The van der Waals surface area contributed by atoms with Crippen molar-refractivity contribution in [2.24, 2.45) is 0 Å². The van der Waals surface area contributed by atoms with E-state index in [1.807, 2.05) is 60.5 Å². The van der Waals surface area contributed by atoms with Gasteiger partial charge in [-0.2, -0.15) is 0 Å². The van der Waals surface area contributed by atoms with Crippen LogP contribution in [0.15, 0.2) is 48.5 Å². The summed E-state index contributed by atoms with van der Waals surface area (Å²) in [5, 5.41) is 3.98. The number of likely N-dealkylation sites (tertiary alicyclic amines) is 1. The van der Waals surface area contributed by atoms with Crippen LogP contribution >= 0.6 is 11.6 Å². The number of benzene rings is 2. The van der Waals surface area contributed by atoms with Crippen LogP contribution in [0.5, 0.6) is 5.75 Å². The highest BCUT2D eigenvalue weighted by Gasteiger charge is 2.22. The van der Waals surface area contributed by atoms with Crippen molar-refractivity contribution in [1.29, 1.82) is 0 Å². The van der Waals surface area contributed by atoms with Gasteiger partial charge < -0.3 is 15.0 Å². The quantitative estimate of drug-likeness (QED) is 0.841. The Balaban J connectivity index is 1.57. The highest BCUT2D eigenvalue weighted by molar-refractivity contribution is 6.30. The summed E-state index contributed by atoms with van der Waals surface area (Å²) in [5.41, 5.74) is 2.00. The summed E-state index contributed by atoms with van der Waals surface area (Å²) in [6.07, 6.45) is 2.60. The van der Waals surface area contributed by atoms with Crippen molar-refractivity contribution in [1.82, 2.24) is 10.2 Å². The molecule has 0 aliphatic carbocycles. The average Bonchev–Trinajstić information content (AvgIpc) is 2.67. The Bertz CT molecular complexity index is 750. The fourth-order valence-corrected chi connectivity index (χ4v) is 3.48. The van der Waals surface area contributed by atoms with Gasteiger partial charge >= 0.3 is 0 Å². The van der Waals surface area contributed by atoms with Crippen LogP contribution in [0, 0.1) is 0 Å². The largest absolute Gasteiger partial charge is 0.489 e. The molecule has 2 aromatic rings. The number of hydrogen-bond acceptors (Lipinski definition) is 3. The third kappa shape index (κ3) is 5.23. The number of amides is 1. The number of carbonyl (C=O) groups excluding carboxylic acids is 1. The van der Waals surface area contributed by atoms with Gasteiger partial charge in [-0.1, -0.05) is 35.9 Å². The minimum Gasteiger partial charge on any atom is -0.489 e. The van der Waals surface area contributed by atoms with E-state index in [1.165, 1.54) is 0 Å². The zero-order valence-corrected chi connectivity index (χ0v) is 15.8. The van der Waals surface area contributed by atoms with Gasteiger partial charge in [0.05, 0.1) is 6.42 Å². The van der Waals surface area contributed by atoms with E-state index in [0.717, 1.165) is 42.8 Å². The molecule has 0 spiro atoms. The molecule has 1 amide bonds.